The molecule has 0 radical (unpaired) electrons. The Morgan fingerprint density at radius 1 is 1.53 bits per heavy atom. The first-order chi connectivity index (χ1) is 9.04. The number of aryl methyl sites for hydroxylation is 1. The molecule has 1 aliphatic rings. The molecular formula is C13H19ClN4O. The largest absolute Gasteiger partial charge is 0.328 e. The van der Waals surface area contributed by atoms with E-state index in [1.807, 2.05) is 6.92 Å². The van der Waals surface area contributed by atoms with Gasteiger partial charge in [0.1, 0.15) is 5.15 Å². The third-order valence-electron chi connectivity index (χ3n) is 3.33. The Balaban J connectivity index is 1.87. The van der Waals surface area contributed by atoms with E-state index in [1.165, 1.54) is 0 Å². The lowest BCUT2D eigenvalue weighted by Crippen LogP contribution is -2.43. The Morgan fingerprint density at radius 2 is 2.21 bits per heavy atom. The highest BCUT2D eigenvalue weighted by atomic mass is 35.5. The lowest BCUT2D eigenvalue weighted by atomic mass is 10.1. The summed E-state index contributed by atoms with van der Waals surface area (Å²) in [5, 5.41) is 3.29. The summed E-state index contributed by atoms with van der Waals surface area (Å²) < 4.78 is 0. The highest BCUT2D eigenvalue weighted by Crippen LogP contribution is 2.16. The molecule has 104 valence electrons. The number of nitrogens with two attached hydrogens (primary N) is 1. The molecule has 0 bridgehead atoms. The second-order valence-electron chi connectivity index (χ2n) is 4.93. The molecule has 0 aliphatic carbocycles. The van der Waals surface area contributed by atoms with Crippen LogP contribution in [0.1, 0.15) is 18.5 Å². The normalized spacial score (nSPS) is 17.4. The van der Waals surface area contributed by atoms with Crippen molar-refractivity contribution in [3.8, 4) is 0 Å². The van der Waals surface area contributed by atoms with Crippen molar-refractivity contribution in [2.24, 2.45) is 5.73 Å². The third-order valence-corrected chi connectivity index (χ3v) is 3.54. The van der Waals surface area contributed by atoms with Crippen molar-refractivity contribution in [3.05, 3.63) is 23.0 Å². The summed E-state index contributed by atoms with van der Waals surface area (Å²) in [6.07, 6.45) is 1.91. The summed E-state index contributed by atoms with van der Waals surface area (Å²) in [5.41, 5.74) is 7.27. The maximum atomic E-state index is 12.0. The van der Waals surface area contributed by atoms with Crippen molar-refractivity contribution in [2.75, 3.05) is 25.0 Å². The number of hydrogen-bond donors (Lipinski definition) is 2. The number of nitrogens with one attached hydrogen (secondary N) is 1. The molecule has 6 heteroatoms. The zero-order valence-electron chi connectivity index (χ0n) is 11.0. The first-order valence-electron chi connectivity index (χ1n) is 6.45. The molecule has 3 N–H and O–H groups in total. The van der Waals surface area contributed by atoms with Gasteiger partial charge in [-0.3, -0.25) is 9.69 Å². The molecular weight excluding hydrogens is 264 g/mol. The molecule has 19 heavy (non-hydrogen) atoms. The minimum Gasteiger partial charge on any atom is -0.328 e. The Labute approximate surface area is 118 Å². The number of aromatic nitrogens is 1. The summed E-state index contributed by atoms with van der Waals surface area (Å²) in [7, 11) is 0. The molecule has 1 aromatic rings. The van der Waals surface area contributed by atoms with Crippen LogP contribution in [0.25, 0.3) is 0 Å². The van der Waals surface area contributed by atoms with E-state index < -0.39 is 0 Å². The molecule has 1 saturated heterocycles. The van der Waals surface area contributed by atoms with E-state index in [0.29, 0.717) is 17.4 Å². The molecule has 0 aromatic carbocycles. The number of carbonyl (C=O) groups excluding carboxylic acids is 1. The van der Waals surface area contributed by atoms with Gasteiger partial charge in [-0.25, -0.2) is 4.98 Å². The molecule has 1 aromatic heterocycles. The van der Waals surface area contributed by atoms with E-state index in [-0.39, 0.29) is 11.9 Å². The SMILES string of the molecule is Cc1nc(Cl)ccc1NC(=O)CN1CCC(N)CC1. The number of halogens is 1. The Hall–Kier alpha value is -1.17. The Bertz CT molecular complexity index is 458. The van der Waals surface area contributed by atoms with Crippen LogP contribution in [0.5, 0.6) is 0 Å². The second-order valence-corrected chi connectivity index (χ2v) is 5.32. The first-order valence-corrected chi connectivity index (χ1v) is 6.83. The average Bonchev–Trinajstić information content (AvgIpc) is 2.36. The highest BCUT2D eigenvalue weighted by Gasteiger charge is 2.18. The van der Waals surface area contributed by atoms with Crippen LogP contribution in [0.4, 0.5) is 5.69 Å². The van der Waals surface area contributed by atoms with E-state index >= 15 is 0 Å². The van der Waals surface area contributed by atoms with Crippen LogP contribution < -0.4 is 11.1 Å². The minimum absolute atomic E-state index is 0.0253. The van der Waals surface area contributed by atoms with Crippen LogP contribution in [0.3, 0.4) is 0 Å². The van der Waals surface area contributed by atoms with E-state index in [4.69, 9.17) is 17.3 Å². The lowest BCUT2D eigenvalue weighted by molar-refractivity contribution is -0.117. The van der Waals surface area contributed by atoms with Gasteiger partial charge in [-0.1, -0.05) is 11.6 Å². The van der Waals surface area contributed by atoms with Crippen molar-refractivity contribution in [2.45, 2.75) is 25.8 Å². The number of amides is 1. The van der Waals surface area contributed by atoms with E-state index in [0.717, 1.165) is 31.6 Å². The van der Waals surface area contributed by atoms with E-state index in [2.05, 4.69) is 15.2 Å². The maximum Gasteiger partial charge on any atom is 0.238 e. The van der Waals surface area contributed by atoms with Gasteiger partial charge in [-0.05, 0) is 31.9 Å². The predicted octanol–water partition coefficient (Wildman–Crippen LogP) is 1.41. The fourth-order valence-corrected chi connectivity index (χ4v) is 2.36. The van der Waals surface area contributed by atoms with Crippen LogP contribution in [0, 0.1) is 6.92 Å². The summed E-state index contributed by atoms with van der Waals surface area (Å²) >= 11 is 5.78. The molecule has 5 nitrogen and oxygen atoms in total. The Morgan fingerprint density at radius 3 is 2.84 bits per heavy atom. The molecule has 0 spiro atoms. The molecule has 1 amide bonds. The fraction of sp³-hybridized carbons (Fsp3) is 0.538. The van der Waals surface area contributed by atoms with Gasteiger partial charge in [0, 0.05) is 19.1 Å². The number of piperidine rings is 1. The molecule has 2 rings (SSSR count). The van der Waals surface area contributed by atoms with Crippen molar-refractivity contribution in [1.29, 1.82) is 0 Å². The number of carbonyl (C=O) groups is 1. The van der Waals surface area contributed by atoms with Crippen molar-refractivity contribution < 1.29 is 4.79 Å². The minimum atomic E-state index is -0.0253. The number of nitrogens with zero attached hydrogens (tertiary/aromatic N) is 2. The lowest BCUT2D eigenvalue weighted by Gasteiger charge is -2.29. The number of hydrogen-bond acceptors (Lipinski definition) is 4. The van der Waals surface area contributed by atoms with Crippen LogP contribution in [0.2, 0.25) is 5.15 Å². The summed E-state index contributed by atoms with van der Waals surface area (Å²) in [6.45, 7) is 3.98. The zero-order chi connectivity index (χ0) is 13.8. The van der Waals surface area contributed by atoms with Crippen LogP contribution in [0.15, 0.2) is 12.1 Å². The van der Waals surface area contributed by atoms with Crippen molar-refractivity contribution >= 4 is 23.2 Å². The molecule has 0 unspecified atom stereocenters. The van der Waals surface area contributed by atoms with Crippen LogP contribution in [-0.2, 0) is 4.79 Å². The van der Waals surface area contributed by atoms with Gasteiger partial charge in [-0.15, -0.1) is 0 Å². The predicted molar refractivity (Wildman–Crippen MR) is 76.3 cm³/mol. The van der Waals surface area contributed by atoms with Gasteiger partial charge >= 0.3 is 0 Å². The molecule has 1 fully saturated rings. The van der Waals surface area contributed by atoms with Gasteiger partial charge in [0.15, 0.2) is 0 Å². The monoisotopic (exact) mass is 282 g/mol. The summed E-state index contributed by atoms with van der Waals surface area (Å²) in [6, 6.07) is 3.72. The number of rotatable bonds is 3. The van der Waals surface area contributed by atoms with E-state index in [1.54, 1.807) is 12.1 Å². The first kappa shape index (κ1) is 14.2. The summed E-state index contributed by atoms with van der Waals surface area (Å²) in [5.74, 6) is -0.0253. The zero-order valence-corrected chi connectivity index (χ0v) is 11.8. The van der Waals surface area contributed by atoms with E-state index in [9.17, 15) is 4.79 Å². The molecule has 0 saturated carbocycles. The van der Waals surface area contributed by atoms with Crippen LogP contribution >= 0.6 is 11.6 Å². The van der Waals surface area contributed by atoms with Gasteiger partial charge in [-0.2, -0.15) is 0 Å². The van der Waals surface area contributed by atoms with Gasteiger partial charge in [0.2, 0.25) is 5.91 Å². The van der Waals surface area contributed by atoms with Gasteiger partial charge < -0.3 is 11.1 Å². The third kappa shape index (κ3) is 4.16. The highest BCUT2D eigenvalue weighted by molar-refractivity contribution is 6.29. The Kier molecular flexibility index (Phi) is 4.74. The average molecular weight is 283 g/mol. The van der Waals surface area contributed by atoms with Crippen molar-refractivity contribution in [1.82, 2.24) is 9.88 Å². The number of pyridine rings is 1. The summed E-state index contributed by atoms with van der Waals surface area (Å²) in [4.78, 5) is 18.2. The second kappa shape index (κ2) is 6.32. The quantitative estimate of drug-likeness (QED) is 0.822. The molecule has 2 heterocycles. The van der Waals surface area contributed by atoms with Gasteiger partial charge in [0.25, 0.3) is 0 Å². The number of anilines is 1. The maximum absolute atomic E-state index is 12.0. The fourth-order valence-electron chi connectivity index (χ4n) is 2.17. The standard InChI is InChI=1S/C13H19ClN4O/c1-9-11(2-3-12(14)16-9)17-13(19)8-18-6-4-10(15)5-7-18/h2-3,10H,4-8,15H2,1H3,(H,17,19). The molecule has 1 aliphatic heterocycles. The van der Waals surface area contributed by atoms with Crippen LogP contribution in [-0.4, -0.2) is 41.5 Å². The van der Waals surface area contributed by atoms with Crippen molar-refractivity contribution in [3.63, 3.8) is 0 Å². The smallest absolute Gasteiger partial charge is 0.238 e. The van der Waals surface area contributed by atoms with Gasteiger partial charge in [0.05, 0.1) is 17.9 Å². The molecule has 0 atom stereocenters. The topological polar surface area (TPSA) is 71.2 Å². The number of likely N-dealkylation sites (tertiary alicyclic amines) is 1.